The molecule has 3 nitrogen and oxygen atoms in total. The maximum absolute atomic E-state index is 13.0. The lowest BCUT2D eigenvalue weighted by molar-refractivity contribution is -0.137. The van der Waals surface area contributed by atoms with Crippen LogP contribution in [0, 0.1) is 5.82 Å². The number of carbonyl (C=O) groups is 1. The number of hydrogen-bond donors (Lipinski definition) is 1. The Morgan fingerprint density at radius 1 is 1.50 bits per heavy atom. The molecule has 0 aromatic heterocycles. The van der Waals surface area contributed by atoms with Crippen molar-refractivity contribution in [3.63, 3.8) is 0 Å². The molecule has 98 valence electrons. The highest BCUT2D eigenvalue weighted by Crippen LogP contribution is 2.29. The number of nitrogens with zero attached hydrogens (tertiary/aromatic N) is 1. The fourth-order valence-corrected chi connectivity index (χ4v) is 2.15. The summed E-state index contributed by atoms with van der Waals surface area (Å²) in [7, 11) is 0. The average Bonchev–Trinajstić information content (AvgIpc) is 3.13. The molecule has 0 spiro atoms. The molecule has 1 aromatic carbocycles. The first-order chi connectivity index (χ1) is 8.56. The molecule has 1 aromatic rings. The molecule has 1 N–H and O–H groups in total. The number of aliphatic carboxylic acids is 1. The molecule has 0 radical (unpaired) electrons. The molecule has 1 aliphatic rings. The second-order valence-electron chi connectivity index (χ2n) is 4.59. The number of rotatable bonds is 6. The van der Waals surface area contributed by atoms with Gasteiger partial charge in [-0.05, 0) is 30.5 Å². The Bertz CT molecular complexity index is 449. The normalized spacial score (nSPS) is 15.1. The smallest absolute Gasteiger partial charge is 0.304 e. The molecule has 1 saturated carbocycles. The summed E-state index contributed by atoms with van der Waals surface area (Å²) in [6.45, 7) is 1.15. The van der Waals surface area contributed by atoms with Gasteiger partial charge in [-0.1, -0.05) is 17.7 Å². The number of hydrogen-bond acceptors (Lipinski definition) is 2. The van der Waals surface area contributed by atoms with Crippen molar-refractivity contribution in [2.45, 2.75) is 31.8 Å². The number of carboxylic acids is 1. The highest BCUT2D eigenvalue weighted by molar-refractivity contribution is 6.30. The van der Waals surface area contributed by atoms with Gasteiger partial charge < -0.3 is 5.11 Å². The molecule has 0 aliphatic heterocycles. The lowest BCUT2D eigenvalue weighted by Crippen LogP contribution is -2.28. The van der Waals surface area contributed by atoms with Crippen molar-refractivity contribution in [2.24, 2.45) is 0 Å². The van der Waals surface area contributed by atoms with Crippen molar-refractivity contribution < 1.29 is 14.3 Å². The van der Waals surface area contributed by atoms with Gasteiger partial charge in [-0.25, -0.2) is 4.39 Å². The van der Waals surface area contributed by atoms with Crippen molar-refractivity contribution in [3.05, 3.63) is 34.6 Å². The van der Waals surface area contributed by atoms with E-state index in [0.29, 0.717) is 19.1 Å². The van der Waals surface area contributed by atoms with Crippen LogP contribution in [0.2, 0.25) is 5.02 Å². The van der Waals surface area contributed by atoms with Gasteiger partial charge in [0.1, 0.15) is 5.82 Å². The Kier molecular flexibility index (Phi) is 4.19. The average molecular weight is 272 g/mol. The second-order valence-corrected chi connectivity index (χ2v) is 5.00. The van der Waals surface area contributed by atoms with Crippen molar-refractivity contribution >= 4 is 17.6 Å². The van der Waals surface area contributed by atoms with Crippen LogP contribution in [0.1, 0.15) is 24.8 Å². The van der Waals surface area contributed by atoms with Crippen molar-refractivity contribution in [3.8, 4) is 0 Å². The zero-order valence-corrected chi connectivity index (χ0v) is 10.7. The van der Waals surface area contributed by atoms with Gasteiger partial charge in [-0.3, -0.25) is 9.69 Å². The van der Waals surface area contributed by atoms with E-state index in [1.807, 2.05) is 0 Å². The molecule has 0 unspecified atom stereocenters. The Morgan fingerprint density at radius 3 is 2.78 bits per heavy atom. The van der Waals surface area contributed by atoms with Gasteiger partial charge in [0.2, 0.25) is 0 Å². The molecule has 0 atom stereocenters. The fraction of sp³-hybridized carbons (Fsp3) is 0.462. The van der Waals surface area contributed by atoms with Gasteiger partial charge in [0, 0.05) is 19.1 Å². The Balaban J connectivity index is 1.99. The summed E-state index contributed by atoms with van der Waals surface area (Å²) in [4.78, 5) is 12.7. The van der Waals surface area contributed by atoms with Gasteiger partial charge in [0.15, 0.2) is 0 Å². The third-order valence-corrected chi connectivity index (χ3v) is 3.34. The van der Waals surface area contributed by atoms with Crippen LogP contribution < -0.4 is 0 Å². The highest BCUT2D eigenvalue weighted by Gasteiger charge is 2.29. The largest absolute Gasteiger partial charge is 0.481 e. The van der Waals surface area contributed by atoms with Crippen molar-refractivity contribution in [1.29, 1.82) is 0 Å². The highest BCUT2D eigenvalue weighted by atomic mass is 35.5. The van der Waals surface area contributed by atoms with Crippen molar-refractivity contribution in [2.75, 3.05) is 6.54 Å². The maximum atomic E-state index is 13.0. The number of benzene rings is 1. The molecule has 0 bridgehead atoms. The molecular formula is C13H15ClFNO2. The summed E-state index contributed by atoms with van der Waals surface area (Å²) >= 11 is 5.73. The summed E-state index contributed by atoms with van der Waals surface area (Å²) in [6.07, 6.45) is 2.34. The topological polar surface area (TPSA) is 40.5 Å². The second kappa shape index (κ2) is 5.67. The molecule has 1 fully saturated rings. The molecule has 0 heterocycles. The van der Waals surface area contributed by atoms with Crippen molar-refractivity contribution in [1.82, 2.24) is 4.90 Å². The molecule has 1 aliphatic carbocycles. The minimum absolute atomic E-state index is 0.112. The zero-order chi connectivity index (χ0) is 13.1. The third-order valence-electron chi connectivity index (χ3n) is 3.05. The predicted octanol–water partition coefficient (Wildman–Crippen LogP) is 2.92. The Labute approximate surface area is 110 Å². The monoisotopic (exact) mass is 271 g/mol. The fourth-order valence-electron chi connectivity index (χ4n) is 1.94. The minimum atomic E-state index is -0.794. The Hall–Kier alpha value is -1.13. The Morgan fingerprint density at radius 2 is 2.22 bits per heavy atom. The van der Waals surface area contributed by atoms with E-state index < -0.39 is 11.8 Å². The predicted molar refractivity (Wildman–Crippen MR) is 67.1 cm³/mol. The first kappa shape index (κ1) is 13.3. The maximum Gasteiger partial charge on any atom is 0.304 e. The summed E-state index contributed by atoms with van der Waals surface area (Å²) in [6, 6.07) is 5.11. The van der Waals surface area contributed by atoms with Gasteiger partial charge >= 0.3 is 5.97 Å². The van der Waals surface area contributed by atoms with Gasteiger partial charge in [0.25, 0.3) is 0 Å². The summed E-state index contributed by atoms with van der Waals surface area (Å²) in [5.41, 5.74) is 0.915. The first-order valence-corrected chi connectivity index (χ1v) is 6.34. The SMILES string of the molecule is O=C(O)CCN(Cc1ccc(F)c(Cl)c1)C1CC1. The first-order valence-electron chi connectivity index (χ1n) is 5.96. The minimum Gasteiger partial charge on any atom is -0.481 e. The number of halogens is 2. The van der Waals surface area contributed by atoms with E-state index >= 15 is 0 Å². The van der Waals surface area contributed by atoms with E-state index in [0.717, 1.165) is 18.4 Å². The quantitative estimate of drug-likeness (QED) is 0.865. The van der Waals surface area contributed by atoms with Crippen LogP contribution in [-0.2, 0) is 11.3 Å². The molecule has 18 heavy (non-hydrogen) atoms. The molecular weight excluding hydrogens is 257 g/mol. The molecule has 0 saturated heterocycles. The standard InChI is InChI=1S/C13H15ClFNO2/c14-11-7-9(1-4-12(11)15)8-16(10-2-3-10)6-5-13(17)18/h1,4,7,10H,2-3,5-6,8H2,(H,17,18). The van der Waals surface area contributed by atoms with E-state index in [1.54, 1.807) is 12.1 Å². The lowest BCUT2D eigenvalue weighted by atomic mass is 10.2. The van der Waals surface area contributed by atoms with Gasteiger partial charge in [-0.2, -0.15) is 0 Å². The van der Waals surface area contributed by atoms with E-state index in [-0.39, 0.29) is 11.4 Å². The van der Waals surface area contributed by atoms with Crippen LogP contribution in [0.15, 0.2) is 18.2 Å². The lowest BCUT2D eigenvalue weighted by Gasteiger charge is -2.21. The molecule has 0 amide bonds. The van der Waals surface area contributed by atoms with Gasteiger partial charge in [-0.15, -0.1) is 0 Å². The summed E-state index contributed by atoms with van der Waals surface area (Å²) in [5.74, 6) is -1.22. The number of carboxylic acid groups (broad SMARTS) is 1. The summed E-state index contributed by atoms with van der Waals surface area (Å²) in [5, 5.41) is 8.83. The van der Waals surface area contributed by atoms with E-state index in [4.69, 9.17) is 16.7 Å². The van der Waals surface area contributed by atoms with Crippen LogP contribution >= 0.6 is 11.6 Å². The third kappa shape index (κ3) is 3.68. The van der Waals surface area contributed by atoms with Crippen LogP contribution in [0.4, 0.5) is 4.39 Å². The van der Waals surface area contributed by atoms with Crippen LogP contribution in [-0.4, -0.2) is 28.6 Å². The van der Waals surface area contributed by atoms with Crippen LogP contribution in [0.3, 0.4) is 0 Å². The van der Waals surface area contributed by atoms with Crippen LogP contribution in [0.5, 0.6) is 0 Å². The van der Waals surface area contributed by atoms with E-state index in [2.05, 4.69) is 4.90 Å². The van der Waals surface area contributed by atoms with Gasteiger partial charge in [0.05, 0.1) is 11.4 Å². The molecule has 2 rings (SSSR count). The van der Waals surface area contributed by atoms with E-state index in [1.165, 1.54) is 6.07 Å². The van der Waals surface area contributed by atoms with E-state index in [9.17, 15) is 9.18 Å². The zero-order valence-electron chi connectivity index (χ0n) is 9.90. The molecule has 5 heteroatoms. The van der Waals surface area contributed by atoms with Crippen LogP contribution in [0.25, 0.3) is 0 Å². The summed E-state index contributed by atoms with van der Waals surface area (Å²) < 4.78 is 13.0.